The molecule has 1 rings (SSSR count). The number of thiazole rings is 1. The van der Waals surface area contributed by atoms with Gasteiger partial charge >= 0.3 is 0 Å². The van der Waals surface area contributed by atoms with Gasteiger partial charge in [0.1, 0.15) is 0 Å². The van der Waals surface area contributed by atoms with E-state index < -0.39 is 0 Å². The van der Waals surface area contributed by atoms with Gasteiger partial charge in [0.2, 0.25) is 0 Å². The molecule has 3 nitrogen and oxygen atoms in total. The molecule has 0 aliphatic heterocycles. The lowest BCUT2D eigenvalue weighted by atomic mass is 10.2. The molecule has 0 saturated carbocycles. The quantitative estimate of drug-likeness (QED) is 0.690. The second-order valence-electron chi connectivity index (χ2n) is 1.88. The van der Waals surface area contributed by atoms with Crippen LogP contribution in [-0.4, -0.2) is 4.98 Å². The Kier molecular flexibility index (Phi) is 2.37. The van der Waals surface area contributed by atoms with Crippen LogP contribution in [0.5, 0.6) is 0 Å². The summed E-state index contributed by atoms with van der Waals surface area (Å²) in [7, 11) is 0. The molecule has 0 aliphatic carbocycles. The molecule has 0 aromatic carbocycles. The topological polar surface area (TPSA) is 62.7 Å². The third-order valence-corrected chi connectivity index (χ3v) is 1.75. The van der Waals surface area contributed by atoms with Crippen molar-refractivity contribution >= 4 is 11.3 Å². The van der Waals surface area contributed by atoms with Crippen LogP contribution in [0.2, 0.25) is 0 Å². The van der Waals surface area contributed by atoms with Gasteiger partial charge in [0, 0.05) is 5.38 Å². The monoisotopic (exact) mass is 153 g/mol. The van der Waals surface area contributed by atoms with E-state index in [2.05, 4.69) is 4.98 Å². The van der Waals surface area contributed by atoms with Crippen LogP contribution in [0.15, 0.2) is 10.9 Å². The Morgan fingerprint density at radius 3 is 3.20 bits per heavy atom. The van der Waals surface area contributed by atoms with Crippen molar-refractivity contribution in [3.63, 3.8) is 0 Å². The maximum absolute atomic E-state index is 8.28. The van der Waals surface area contributed by atoms with Crippen LogP contribution in [0.25, 0.3) is 0 Å². The molecule has 0 radical (unpaired) electrons. The van der Waals surface area contributed by atoms with Gasteiger partial charge in [0.25, 0.3) is 0 Å². The minimum Gasteiger partial charge on any atom is -0.322 e. The van der Waals surface area contributed by atoms with Crippen molar-refractivity contribution in [3.05, 3.63) is 16.6 Å². The van der Waals surface area contributed by atoms with Gasteiger partial charge in [-0.25, -0.2) is 4.98 Å². The van der Waals surface area contributed by atoms with E-state index in [0.29, 0.717) is 6.42 Å². The predicted molar refractivity (Wildman–Crippen MR) is 39.3 cm³/mol. The molecular weight excluding hydrogens is 146 g/mol. The lowest BCUT2D eigenvalue weighted by Gasteiger charge is -2.00. The molecular formula is C6H7N3S. The molecule has 0 aliphatic rings. The van der Waals surface area contributed by atoms with Gasteiger partial charge in [-0.15, -0.1) is 11.3 Å². The van der Waals surface area contributed by atoms with Crippen molar-refractivity contribution in [2.75, 3.05) is 0 Å². The van der Waals surface area contributed by atoms with Crippen molar-refractivity contribution in [1.29, 1.82) is 5.26 Å². The van der Waals surface area contributed by atoms with E-state index in [1.54, 1.807) is 5.51 Å². The summed E-state index contributed by atoms with van der Waals surface area (Å²) in [6.07, 6.45) is 0.337. The molecule has 0 unspecified atom stereocenters. The first-order valence-electron chi connectivity index (χ1n) is 2.85. The first-order chi connectivity index (χ1) is 4.84. The average Bonchev–Trinajstić information content (AvgIpc) is 2.38. The fraction of sp³-hybridized carbons (Fsp3) is 0.333. The van der Waals surface area contributed by atoms with Crippen LogP contribution in [-0.2, 0) is 0 Å². The van der Waals surface area contributed by atoms with E-state index in [1.165, 1.54) is 11.3 Å². The van der Waals surface area contributed by atoms with Gasteiger partial charge < -0.3 is 5.73 Å². The Morgan fingerprint density at radius 2 is 2.70 bits per heavy atom. The van der Waals surface area contributed by atoms with Gasteiger partial charge in [-0.2, -0.15) is 5.26 Å². The molecule has 4 heteroatoms. The van der Waals surface area contributed by atoms with E-state index >= 15 is 0 Å². The number of nitrogens with zero attached hydrogens (tertiary/aromatic N) is 2. The van der Waals surface area contributed by atoms with Crippen LogP contribution in [0, 0.1) is 11.3 Å². The van der Waals surface area contributed by atoms with Crippen molar-refractivity contribution in [3.8, 4) is 6.07 Å². The molecule has 1 atom stereocenters. The van der Waals surface area contributed by atoms with Crippen molar-refractivity contribution < 1.29 is 0 Å². The second-order valence-corrected chi connectivity index (χ2v) is 2.60. The molecule has 0 bridgehead atoms. The summed E-state index contributed by atoms with van der Waals surface area (Å²) in [5.74, 6) is 0. The van der Waals surface area contributed by atoms with E-state index in [1.807, 2.05) is 11.4 Å². The number of hydrogen-bond donors (Lipinski definition) is 1. The van der Waals surface area contributed by atoms with Crippen LogP contribution in [0.1, 0.15) is 18.2 Å². The number of nitriles is 1. The van der Waals surface area contributed by atoms with E-state index in [-0.39, 0.29) is 6.04 Å². The first-order valence-corrected chi connectivity index (χ1v) is 3.79. The fourth-order valence-corrected chi connectivity index (χ4v) is 1.23. The maximum Gasteiger partial charge on any atom is 0.0795 e. The fourth-order valence-electron chi connectivity index (χ4n) is 0.608. The standard InChI is InChI=1S/C6H7N3S/c7-2-1-5(8)6-3-10-4-9-6/h3-5H,1,8H2/t5-/m0/s1. The highest BCUT2D eigenvalue weighted by Gasteiger charge is 2.05. The highest BCUT2D eigenvalue weighted by atomic mass is 32.1. The van der Waals surface area contributed by atoms with E-state index in [4.69, 9.17) is 11.0 Å². The summed E-state index contributed by atoms with van der Waals surface area (Å²) in [6.45, 7) is 0. The minimum atomic E-state index is -0.212. The second kappa shape index (κ2) is 3.30. The molecule has 0 saturated heterocycles. The highest BCUT2D eigenvalue weighted by Crippen LogP contribution is 2.12. The molecule has 0 fully saturated rings. The number of aromatic nitrogens is 1. The first kappa shape index (κ1) is 7.19. The molecule has 0 amide bonds. The van der Waals surface area contributed by atoms with Gasteiger partial charge in [-0.1, -0.05) is 0 Å². The highest BCUT2D eigenvalue weighted by molar-refractivity contribution is 7.07. The lowest BCUT2D eigenvalue weighted by Crippen LogP contribution is -2.09. The van der Waals surface area contributed by atoms with Crippen LogP contribution in [0.4, 0.5) is 0 Å². The minimum absolute atomic E-state index is 0.212. The Morgan fingerprint density at radius 1 is 1.90 bits per heavy atom. The Labute approximate surface area is 63.1 Å². The summed E-state index contributed by atoms with van der Waals surface area (Å²) in [4.78, 5) is 3.98. The van der Waals surface area contributed by atoms with Crippen molar-refractivity contribution in [2.24, 2.45) is 5.73 Å². The molecule has 1 heterocycles. The van der Waals surface area contributed by atoms with Gasteiger partial charge in [-0.05, 0) is 0 Å². The third-order valence-electron chi connectivity index (χ3n) is 1.14. The van der Waals surface area contributed by atoms with Gasteiger partial charge in [-0.3, -0.25) is 0 Å². The molecule has 0 spiro atoms. The van der Waals surface area contributed by atoms with E-state index in [0.717, 1.165) is 5.69 Å². The summed E-state index contributed by atoms with van der Waals surface area (Å²) in [6, 6.07) is 1.78. The number of nitrogens with two attached hydrogens (primary N) is 1. The smallest absolute Gasteiger partial charge is 0.0795 e. The predicted octanol–water partition coefficient (Wildman–Crippen LogP) is 1.06. The zero-order valence-corrected chi connectivity index (χ0v) is 6.14. The Bertz CT molecular complexity index is 224. The van der Waals surface area contributed by atoms with Crippen LogP contribution >= 0.6 is 11.3 Å². The molecule has 1 aromatic heterocycles. The summed E-state index contributed by atoms with van der Waals surface area (Å²) in [5.41, 5.74) is 8.10. The number of rotatable bonds is 2. The van der Waals surface area contributed by atoms with Crippen LogP contribution in [0.3, 0.4) is 0 Å². The molecule has 52 valence electrons. The van der Waals surface area contributed by atoms with Crippen molar-refractivity contribution in [1.82, 2.24) is 4.98 Å². The zero-order valence-electron chi connectivity index (χ0n) is 5.32. The van der Waals surface area contributed by atoms with E-state index in [9.17, 15) is 0 Å². The van der Waals surface area contributed by atoms with Crippen molar-refractivity contribution in [2.45, 2.75) is 12.5 Å². The van der Waals surface area contributed by atoms with Crippen LogP contribution < -0.4 is 5.73 Å². The zero-order chi connectivity index (χ0) is 7.40. The normalized spacial score (nSPS) is 12.4. The molecule has 1 aromatic rings. The Balaban J connectivity index is 2.61. The Hall–Kier alpha value is -0.920. The average molecular weight is 153 g/mol. The summed E-state index contributed by atoms with van der Waals surface area (Å²) >= 11 is 1.49. The summed E-state index contributed by atoms with van der Waals surface area (Å²) in [5, 5.41) is 10.1. The van der Waals surface area contributed by atoms with Gasteiger partial charge in [0.15, 0.2) is 0 Å². The largest absolute Gasteiger partial charge is 0.322 e. The third kappa shape index (κ3) is 1.53. The SMILES string of the molecule is N#CC[C@H](N)c1cscn1. The molecule has 2 N–H and O–H groups in total. The lowest BCUT2D eigenvalue weighted by molar-refractivity contribution is 0.726. The summed E-state index contributed by atoms with van der Waals surface area (Å²) < 4.78 is 0. The molecule has 10 heavy (non-hydrogen) atoms. The maximum atomic E-state index is 8.28. The number of hydrogen-bond acceptors (Lipinski definition) is 4. The van der Waals surface area contributed by atoms with Gasteiger partial charge in [0.05, 0.1) is 29.7 Å².